The number of carbonyl (C=O) groups is 1. The Morgan fingerprint density at radius 3 is 2.41 bits per heavy atom. The zero-order valence-corrected chi connectivity index (χ0v) is 17.7. The third kappa shape index (κ3) is 3.91. The fourth-order valence-corrected chi connectivity index (χ4v) is 3.63. The topological polar surface area (TPSA) is 136 Å². The molecular formula is C24H23N5O3. The third-order valence-electron chi connectivity index (χ3n) is 5.34. The number of hydrogen-bond donors (Lipinski definition) is 4. The molecule has 0 radical (unpaired) electrons. The summed E-state index contributed by atoms with van der Waals surface area (Å²) in [4.78, 5) is 23.9. The lowest BCUT2D eigenvalue weighted by atomic mass is 9.95. The van der Waals surface area contributed by atoms with Gasteiger partial charge in [-0.3, -0.25) is 14.9 Å². The van der Waals surface area contributed by atoms with E-state index in [0.29, 0.717) is 33.8 Å². The molecule has 0 fully saturated rings. The highest BCUT2D eigenvalue weighted by Gasteiger charge is 2.29. The van der Waals surface area contributed by atoms with E-state index in [1.54, 1.807) is 12.1 Å². The molecule has 0 saturated heterocycles. The van der Waals surface area contributed by atoms with Crippen LogP contribution in [0.1, 0.15) is 30.5 Å². The highest BCUT2D eigenvalue weighted by molar-refractivity contribution is 6.37. The Morgan fingerprint density at radius 2 is 1.75 bits per heavy atom. The van der Waals surface area contributed by atoms with E-state index >= 15 is 0 Å². The van der Waals surface area contributed by atoms with Gasteiger partial charge in [-0.15, -0.1) is 0 Å². The number of hydrogen-bond acceptors (Lipinski definition) is 6. The lowest BCUT2D eigenvalue weighted by molar-refractivity contribution is -0.383. The van der Waals surface area contributed by atoms with Crippen molar-refractivity contribution in [2.45, 2.75) is 19.4 Å². The zero-order valence-electron chi connectivity index (χ0n) is 17.7. The molecule has 0 aromatic heterocycles. The molecule has 1 heterocycles. The lowest BCUT2D eigenvalue weighted by Gasteiger charge is -2.20. The van der Waals surface area contributed by atoms with E-state index in [9.17, 15) is 14.9 Å². The maximum Gasteiger partial charge on any atom is 0.292 e. The van der Waals surface area contributed by atoms with Crippen molar-refractivity contribution in [3.8, 4) is 0 Å². The Kier molecular flexibility index (Phi) is 5.15. The molecule has 32 heavy (non-hydrogen) atoms. The van der Waals surface area contributed by atoms with Gasteiger partial charge in [0.05, 0.1) is 16.2 Å². The predicted octanol–water partition coefficient (Wildman–Crippen LogP) is 4.30. The lowest BCUT2D eigenvalue weighted by Crippen LogP contribution is -2.28. The summed E-state index contributed by atoms with van der Waals surface area (Å²) < 4.78 is 0. The number of para-hydroxylation sites is 1. The smallest absolute Gasteiger partial charge is 0.292 e. The van der Waals surface area contributed by atoms with Gasteiger partial charge >= 0.3 is 0 Å². The second-order valence-electron chi connectivity index (χ2n) is 8.20. The summed E-state index contributed by atoms with van der Waals surface area (Å²) in [7, 11) is 0. The van der Waals surface area contributed by atoms with E-state index in [0.717, 1.165) is 5.56 Å². The molecule has 6 N–H and O–H groups in total. The van der Waals surface area contributed by atoms with Crippen molar-refractivity contribution in [3.63, 3.8) is 0 Å². The number of nitrogens with one attached hydrogen (secondary N) is 2. The maximum atomic E-state index is 12.9. The molecule has 162 valence electrons. The number of nitro benzene ring substituents is 1. The summed E-state index contributed by atoms with van der Waals surface area (Å²) in [5.74, 6) is -0.298. The van der Waals surface area contributed by atoms with Gasteiger partial charge in [0, 0.05) is 34.1 Å². The second kappa shape index (κ2) is 7.82. The van der Waals surface area contributed by atoms with Gasteiger partial charge in [-0.2, -0.15) is 0 Å². The van der Waals surface area contributed by atoms with Crippen LogP contribution in [0.4, 0.5) is 22.7 Å². The molecule has 3 aromatic rings. The fourth-order valence-electron chi connectivity index (χ4n) is 3.63. The number of nitrogens with zero attached hydrogens (tertiary/aromatic N) is 1. The first-order valence-corrected chi connectivity index (χ1v) is 10.0. The van der Waals surface area contributed by atoms with Gasteiger partial charge in [0.1, 0.15) is 5.69 Å². The molecule has 3 aromatic carbocycles. The average molecular weight is 429 g/mol. The van der Waals surface area contributed by atoms with Crippen molar-refractivity contribution in [1.82, 2.24) is 0 Å². The highest BCUT2D eigenvalue weighted by atomic mass is 16.6. The average Bonchev–Trinajstić information content (AvgIpc) is 3.07. The first-order valence-electron chi connectivity index (χ1n) is 10.0. The Bertz CT molecular complexity index is 1260. The molecule has 1 aliphatic rings. The predicted molar refractivity (Wildman–Crippen MR) is 127 cm³/mol. The number of carbonyl (C=O) groups excluding carboxylic acids is 1. The number of rotatable bonds is 5. The fraction of sp³-hybridized carbons (Fsp3) is 0.125. The molecule has 0 bridgehead atoms. The van der Waals surface area contributed by atoms with E-state index in [-0.39, 0.29) is 17.3 Å². The molecule has 0 spiro atoms. The number of amides is 1. The van der Waals surface area contributed by atoms with Crippen LogP contribution in [0.2, 0.25) is 0 Å². The van der Waals surface area contributed by atoms with Gasteiger partial charge in [-0.1, -0.05) is 36.4 Å². The quantitative estimate of drug-likeness (QED) is 0.207. The number of benzene rings is 3. The van der Waals surface area contributed by atoms with Crippen molar-refractivity contribution >= 4 is 39.9 Å². The Hall–Kier alpha value is -4.17. The highest BCUT2D eigenvalue weighted by Crippen LogP contribution is 2.38. The van der Waals surface area contributed by atoms with Crippen molar-refractivity contribution in [1.29, 1.82) is 0 Å². The monoisotopic (exact) mass is 429 g/mol. The molecule has 0 atom stereocenters. The minimum absolute atomic E-state index is 0.0499. The summed E-state index contributed by atoms with van der Waals surface area (Å²) in [6, 6.07) is 19.3. The van der Waals surface area contributed by atoms with Crippen molar-refractivity contribution < 1.29 is 9.72 Å². The number of nitrogen functional groups attached to an aromatic ring is 1. The summed E-state index contributed by atoms with van der Waals surface area (Å²) in [5, 5.41) is 17.6. The first-order chi connectivity index (χ1) is 15.1. The molecule has 8 heteroatoms. The minimum atomic E-state index is -0.540. The number of nitrogens with two attached hydrogens (primary N) is 2. The summed E-state index contributed by atoms with van der Waals surface area (Å²) in [5.41, 5.74) is 15.6. The van der Waals surface area contributed by atoms with Gasteiger partial charge in [0.15, 0.2) is 0 Å². The molecule has 1 amide bonds. The van der Waals surface area contributed by atoms with Gasteiger partial charge < -0.3 is 22.1 Å². The summed E-state index contributed by atoms with van der Waals surface area (Å²) >= 11 is 0. The Morgan fingerprint density at radius 1 is 1.06 bits per heavy atom. The molecule has 8 nitrogen and oxygen atoms in total. The first kappa shape index (κ1) is 21.1. The van der Waals surface area contributed by atoms with Crippen LogP contribution in [0, 0.1) is 10.1 Å². The van der Waals surface area contributed by atoms with Crippen LogP contribution in [0.15, 0.2) is 66.7 Å². The maximum absolute atomic E-state index is 12.9. The van der Waals surface area contributed by atoms with Crippen molar-refractivity contribution in [2.75, 3.05) is 16.4 Å². The van der Waals surface area contributed by atoms with Gasteiger partial charge in [-0.05, 0) is 43.7 Å². The SMILES string of the molecule is CC(C)(N)c1ccc(N/C(=C2/C(=O)Nc3ccccc32)c2ccc(N)c([N+](=O)[O-])c2)cc1. The van der Waals surface area contributed by atoms with Crippen LogP contribution in [-0.2, 0) is 10.3 Å². The molecule has 0 unspecified atom stereocenters. The minimum Gasteiger partial charge on any atom is -0.393 e. The van der Waals surface area contributed by atoms with Gasteiger partial charge in [-0.25, -0.2) is 0 Å². The van der Waals surface area contributed by atoms with E-state index in [4.69, 9.17) is 11.5 Å². The van der Waals surface area contributed by atoms with Crippen LogP contribution in [-0.4, -0.2) is 10.8 Å². The molecule has 0 saturated carbocycles. The van der Waals surface area contributed by atoms with Crippen LogP contribution in [0.3, 0.4) is 0 Å². The van der Waals surface area contributed by atoms with E-state index < -0.39 is 10.5 Å². The molecular weight excluding hydrogens is 406 g/mol. The van der Waals surface area contributed by atoms with Crippen molar-refractivity contribution in [3.05, 3.63) is 93.5 Å². The van der Waals surface area contributed by atoms with E-state index in [1.807, 2.05) is 56.3 Å². The standard InChI is InChI=1S/C24H23N5O3/c1-24(2,26)15-8-10-16(11-9-15)27-22(14-7-12-18(25)20(13-14)29(31)32)21-17-5-3-4-6-19(17)28-23(21)30/h3-13,27H,25-26H2,1-2H3,(H,28,30)/b22-21+. The summed E-state index contributed by atoms with van der Waals surface area (Å²) in [6.45, 7) is 3.83. The van der Waals surface area contributed by atoms with Crippen LogP contribution in [0.25, 0.3) is 11.3 Å². The van der Waals surface area contributed by atoms with Crippen LogP contribution < -0.4 is 22.1 Å². The van der Waals surface area contributed by atoms with Crippen LogP contribution >= 0.6 is 0 Å². The molecule has 4 rings (SSSR count). The van der Waals surface area contributed by atoms with E-state index in [2.05, 4.69) is 10.6 Å². The Balaban J connectivity index is 1.88. The largest absolute Gasteiger partial charge is 0.393 e. The third-order valence-corrected chi connectivity index (χ3v) is 5.34. The van der Waals surface area contributed by atoms with Gasteiger partial charge in [0.2, 0.25) is 0 Å². The number of fused-ring (bicyclic) bond motifs is 1. The number of anilines is 3. The normalized spacial score (nSPS) is 14.5. The van der Waals surface area contributed by atoms with Crippen molar-refractivity contribution in [2.24, 2.45) is 5.73 Å². The zero-order chi connectivity index (χ0) is 23.0. The molecule has 0 aliphatic carbocycles. The number of nitro groups is 1. The Labute approximate surface area is 185 Å². The van der Waals surface area contributed by atoms with Gasteiger partial charge in [0.25, 0.3) is 11.6 Å². The summed E-state index contributed by atoms with van der Waals surface area (Å²) in [6.07, 6.45) is 0. The molecule has 1 aliphatic heterocycles. The van der Waals surface area contributed by atoms with E-state index in [1.165, 1.54) is 12.1 Å². The second-order valence-corrected chi connectivity index (χ2v) is 8.20. The van der Waals surface area contributed by atoms with Crippen LogP contribution in [0.5, 0.6) is 0 Å².